The molecule has 6 heteroatoms. The van der Waals surface area contributed by atoms with Crippen LogP contribution in [-0.4, -0.2) is 0 Å². The average molecular weight is 237 g/mol. The summed E-state index contributed by atoms with van der Waals surface area (Å²) in [6.45, 7) is 4.80. The molecule has 1 N–H and O–H groups in total. The van der Waals surface area contributed by atoms with Crippen LogP contribution in [0.3, 0.4) is 0 Å². The van der Waals surface area contributed by atoms with E-state index in [-0.39, 0.29) is 5.70 Å². The largest absolute Gasteiger partial charge is 0.356 e. The molecule has 0 aliphatic rings. The monoisotopic (exact) mass is 237 g/mol. The molecular weight excluding hydrogens is 231 g/mol. The molecule has 0 spiro atoms. The highest BCUT2D eigenvalue weighted by Gasteiger charge is 2.24. The van der Waals surface area contributed by atoms with E-state index in [1.165, 1.54) is 19.1 Å². The summed E-state index contributed by atoms with van der Waals surface area (Å²) in [5.74, 6) is -4.51. The number of benzene rings is 1. The first-order valence-corrected chi connectivity index (χ1v) is 4.37. The number of rotatable bonds is 2. The molecule has 0 unspecified atom stereocenters. The first kappa shape index (κ1) is 12.6. The lowest BCUT2D eigenvalue weighted by Crippen LogP contribution is -2.07. The first-order chi connectivity index (χ1) is 7.93. The molecule has 0 saturated carbocycles. The predicted octanol–water partition coefficient (Wildman–Crippen LogP) is 2.79. The molecule has 0 aromatic heterocycles. The summed E-state index contributed by atoms with van der Waals surface area (Å²) >= 11 is 0. The zero-order valence-electron chi connectivity index (χ0n) is 8.74. The lowest BCUT2D eigenvalue weighted by Gasteiger charge is -2.11. The lowest BCUT2D eigenvalue weighted by atomic mass is 10.1. The molecule has 0 saturated heterocycles. The van der Waals surface area contributed by atoms with Crippen molar-refractivity contribution in [1.82, 2.24) is 0 Å². The van der Waals surface area contributed by atoms with Crippen molar-refractivity contribution >= 4 is 5.69 Å². The Kier molecular flexibility index (Phi) is 3.40. The van der Waals surface area contributed by atoms with Crippen LogP contribution in [0.25, 0.3) is 0 Å². The van der Waals surface area contributed by atoms with Crippen molar-refractivity contribution in [1.29, 1.82) is 10.5 Å². The van der Waals surface area contributed by atoms with Crippen LogP contribution in [0.1, 0.15) is 18.1 Å². The Morgan fingerprint density at radius 3 is 2.00 bits per heavy atom. The molecule has 0 amide bonds. The van der Waals surface area contributed by atoms with Gasteiger partial charge in [0.2, 0.25) is 0 Å². The van der Waals surface area contributed by atoms with Crippen molar-refractivity contribution < 1.29 is 13.2 Å². The number of hydrogen-bond donors (Lipinski definition) is 1. The highest BCUT2D eigenvalue weighted by molar-refractivity contribution is 5.64. The van der Waals surface area contributed by atoms with E-state index in [0.29, 0.717) is 0 Å². The van der Waals surface area contributed by atoms with Gasteiger partial charge in [0, 0.05) is 5.70 Å². The number of nitrogens with one attached hydrogen (secondary N) is 1. The Morgan fingerprint density at radius 2 is 1.59 bits per heavy atom. The summed E-state index contributed by atoms with van der Waals surface area (Å²) in [4.78, 5) is 0. The summed E-state index contributed by atoms with van der Waals surface area (Å²) in [6, 6.07) is 2.54. The molecule has 1 rings (SSSR count). The smallest absolute Gasteiger partial charge is 0.185 e. The third-order valence-electron chi connectivity index (χ3n) is 1.88. The molecule has 0 atom stereocenters. The molecule has 0 aliphatic carbocycles. The van der Waals surface area contributed by atoms with Gasteiger partial charge in [-0.15, -0.1) is 0 Å². The predicted molar refractivity (Wildman–Crippen MR) is 54.2 cm³/mol. The Hall–Kier alpha value is -2.47. The van der Waals surface area contributed by atoms with Crippen LogP contribution in [0.15, 0.2) is 12.3 Å². The Bertz CT molecular complexity index is 579. The SMILES string of the molecule is C=C(C)Nc1c(F)c(F)c(C#N)c(F)c1C#N. The molecule has 0 radical (unpaired) electrons. The van der Waals surface area contributed by atoms with Gasteiger partial charge in [0.05, 0.1) is 5.69 Å². The molecule has 0 heterocycles. The number of hydrogen-bond acceptors (Lipinski definition) is 3. The summed E-state index contributed by atoms with van der Waals surface area (Å²) in [5, 5.41) is 19.4. The van der Waals surface area contributed by atoms with Gasteiger partial charge in [0.15, 0.2) is 17.5 Å². The minimum absolute atomic E-state index is 0.198. The maximum atomic E-state index is 13.5. The fraction of sp³-hybridized carbons (Fsp3) is 0.0909. The van der Waals surface area contributed by atoms with Crippen molar-refractivity contribution in [2.24, 2.45) is 0 Å². The van der Waals surface area contributed by atoms with Crippen LogP contribution in [0.4, 0.5) is 18.9 Å². The standard InChI is InChI=1S/C11H6F3N3/c1-5(2)17-11-7(4-16)8(12)6(3-15)9(13)10(11)14/h17H,1H2,2H3. The van der Waals surface area contributed by atoms with Gasteiger partial charge in [-0.1, -0.05) is 6.58 Å². The van der Waals surface area contributed by atoms with Crippen molar-refractivity contribution in [3.8, 4) is 12.1 Å². The molecule has 1 aromatic rings. The number of halogens is 3. The summed E-state index contributed by atoms with van der Waals surface area (Å²) < 4.78 is 40.3. The highest BCUT2D eigenvalue weighted by Crippen LogP contribution is 2.29. The first-order valence-electron chi connectivity index (χ1n) is 4.37. The normalized spacial score (nSPS) is 9.29. The second kappa shape index (κ2) is 4.58. The van der Waals surface area contributed by atoms with E-state index < -0.39 is 34.3 Å². The van der Waals surface area contributed by atoms with Crippen LogP contribution >= 0.6 is 0 Å². The van der Waals surface area contributed by atoms with Crippen molar-refractivity contribution in [2.45, 2.75) is 6.92 Å². The number of nitrogens with zero attached hydrogens (tertiary/aromatic N) is 2. The lowest BCUT2D eigenvalue weighted by molar-refractivity contribution is 0.493. The molecule has 0 bridgehead atoms. The van der Waals surface area contributed by atoms with Crippen LogP contribution in [0.5, 0.6) is 0 Å². The molecular formula is C11H6F3N3. The van der Waals surface area contributed by atoms with E-state index in [0.717, 1.165) is 0 Å². The molecule has 0 aliphatic heterocycles. The number of nitriles is 2. The van der Waals surface area contributed by atoms with Crippen LogP contribution in [0, 0.1) is 40.1 Å². The van der Waals surface area contributed by atoms with E-state index in [9.17, 15) is 13.2 Å². The van der Waals surface area contributed by atoms with Crippen molar-refractivity contribution in [3.63, 3.8) is 0 Å². The Morgan fingerprint density at radius 1 is 1.06 bits per heavy atom. The third-order valence-corrected chi connectivity index (χ3v) is 1.88. The zero-order valence-corrected chi connectivity index (χ0v) is 8.74. The van der Waals surface area contributed by atoms with Gasteiger partial charge < -0.3 is 5.32 Å². The summed E-state index contributed by atoms with van der Waals surface area (Å²) in [7, 11) is 0. The third kappa shape index (κ3) is 2.06. The fourth-order valence-electron chi connectivity index (χ4n) is 1.19. The highest BCUT2D eigenvalue weighted by atomic mass is 19.2. The van der Waals surface area contributed by atoms with Crippen molar-refractivity contribution in [3.05, 3.63) is 40.9 Å². The zero-order chi connectivity index (χ0) is 13.2. The van der Waals surface area contributed by atoms with E-state index in [1.807, 2.05) is 0 Å². The van der Waals surface area contributed by atoms with E-state index in [2.05, 4.69) is 11.9 Å². The second-order valence-electron chi connectivity index (χ2n) is 3.20. The maximum Gasteiger partial charge on any atom is 0.185 e. The summed E-state index contributed by atoms with van der Waals surface area (Å²) in [5.41, 5.74) is -2.34. The number of anilines is 1. The van der Waals surface area contributed by atoms with Gasteiger partial charge in [-0.05, 0) is 6.92 Å². The van der Waals surface area contributed by atoms with E-state index in [4.69, 9.17) is 10.5 Å². The maximum absolute atomic E-state index is 13.5. The van der Waals surface area contributed by atoms with Gasteiger partial charge in [0.1, 0.15) is 23.3 Å². The molecule has 0 fully saturated rings. The minimum atomic E-state index is -1.63. The average Bonchev–Trinajstić information content (AvgIpc) is 2.26. The Labute approximate surface area is 95.4 Å². The second-order valence-corrected chi connectivity index (χ2v) is 3.20. The molecule has 86 valence electrons. The Balaban J connectivity index is 3.68. The summed E-state index contributed by atoms with van der Waals surface area (Å²) in [6.07, 6.45) is 0. The van der Waals surface area contributed by atoms with Gasteiger partial charge in [0.25, 0.3) is 0 Å². The van der Waals surface area contributed by atoms with E-state index >= 15 is 0 Å². The topological polar surface area (TPSA) is 59.6 Å². The van der Waals surface area contributed by atoms with E-state index in [1.54, 1.807) is 0 Å². The van der Waals surface area contributed by atoms with Gasteiger partial charge in [-0.3, -0.25) is 0 Å². The number of allylic oxidation sites excluding steroid dienone is 1. The van der Waals surface area contributed by atoms with Gasteiger partial charge in [-0.2, -0.15) is 10.5 Å². The van der Waals surface area contributed by atoms with Crippen LogP contribution in [-0.2, 0) is 0 Å². The van der Waals surface area contributed by atoms with Gasteiger partial charge >= 0.3 is 0 Å². The van der Waals surface area contributed by atoms with Crippen LogP contribution in [0.2, 0.25) is 0 Å². The minimum Gasteiger partial charge on any atom is -0.356 e. The molecule has 17 heavy (non-hydrogen) atoms. The van der Waals surface area contributed by atoms with Crippen molar-refractivity contribution in [2.75, 3.05) is 5.32 Å². The molecule has 3 nitrogen and oxygen atoms in total. The molecule has 1 aromatic carbocycles. The quantitative estimate of drug-likeness (QED) is 0.804. The fourth-order valence-corrected chi connectivity index (χ4v) is 1.19. The van der Waals surface area contributed by atoms with Crippen LogP contribution < -0.4 is 5.32 Å². The van der Waals surface area contributed by atoms with Gasteiger partial charge in [-0.25, -0.2) is 13.2 Å².